The number of hydrogen-bond acceptors (Lipinski definition) is 2. The summed E-state index contributed by atoms with van der Waals surface area (Å²) in [5, 5.41) is 11.7. The number of aliphatic hydroxyl groups is 1. The number of rotatable bonds is 3. The van der Waals surface area contributed by atoms with Crippen LogP contribution >= 0.6 is 11.6 Å². The van der Waals surface area contributed by atoms with Crippen molar-refractivity contribution in [1.29, 1.82) is 0 Å². The van der Waals surface area contributed by atoms with E-state index in [9.17, 15) is 5.11 Å². The molecule has 1 unspecified atom stereocenters. The Morgan fingerprint density at radius 3 is 2.25 bits per heavy atom. The van der Waals surface area contributed by atoms with E-state index in [1.807, 2.05) is 38.1 Å². The molecule has 0 radical (unpaired) electrons. The minimum Gasteiger partial charge on any atom is -0.496 e. The van der Waals surface area contributed by atoms with Crippen LogP contribution in [0.4, 0.5) is 0 Å². The van der Waals surface area contributed by atoms with Crippen LogP contribution in [0, 0.1) is 13.8 Å². The third-order valence-electron chi connectivity index (χ3n) is 3.56. The Labute approximate surface area is 125 Å². The summed E-state index contributed by atoms with van der Waals surface area (Å²) >= 11 is 5.91. The van der Waals surface area contributed by atoms with E-state index in [2.05, 4.69) is 0 Å². The van der Waals surface area contributed by atoms with Crippen molar-refractivity contribution in [3.05, 3.63) is 63.7 Å². The van der Waals surface area contributed by atoms with Crippen LogP contribution in [0.1, 0.15) is 29.2 Å². The molecule has 0 aliphatic rings. The lowest BCUT2D eigenvalue weighted by Gasteiger charge is -2.28. The molecule has 0 bridgehead atoms. The lowest BCUT2D eigenvalue weighted by atomic mass is 9.84. The second-order valence-corrected chi connectivity index (χ2v) is 5.67. The van der Waals surface area contributed by atoms with E-state index in [1.165, 1.54) is 0 Å². The molecule has 0 amide bonds. The lowest BCUT2D eigenvalue weighted by Crippen LogP contribution is -2.25. The first-order valence-electron chi connectivity index (χ1n) is 6.50. The third kappa shape index (κ3) is 2.67. The molecular weight excluding hydrogens is 272 g/mol. The third-order valence-corrected chi connectivity index (χ3v) is 3.81. The van der Waals surface area contributed by atoms with Gasteiger partial charge in [-0.05, 0) is 55.7 Å². The molecule has 106 valence electrons. The van der Waals surface area contributed by atoms with Gasteiger partial charge in [-0.1, -0.05) is 29.8 Å². The van der Waals surface area contributed by atoms with Crippen LogP contribution in [-0.2, 0) is 5.60 Å². The van der Waals surface area contributed by atoms with Crippen LogP contribution in [0.15, 0.2) is 36.4 Å². The molecule has 0 heterocycles. The number of aryl methyl sites for hydroxylation is 2. The fourth-order valence-electron chi connectivity index (χ4n) is 2.63. The molecule has 0 aliphatic carbocycles. The molecule has 0 saturated carbocycles. The van der Waals surface area contributed by atoms with Gasteiger partial charge in [0.2, 0.25) is 0 Å². The maximum absolute atomic E-state index is 11.0. The zero-order chi connectivity index (χ0) is 14.9. The highest BCUT2D eigenvalue weighted by Crippen LogP contribution is 2.38. The quantitative estimate of drug-likeness (QED) is 0.917. The molecule has 0 fully saturated rings. The summed E-state index contributed by atoms with van der Waals surface area (Å²) in [6.45, 7) is 5.77. The highest BCUT2D eigenvalue weighted by atomic mass is 35.5. The van der Waals surface area contributed by atoms with Crippen molar-refractivity contribution >= 4 is 11.6 Å². The molecule has 2 rings (SSSR count). The molecule has 2 nitrogen and oxygen atoms in total. The zero-order valence-electron chi connectivity index (χ0n) is 12.2. The average molecular weight is 291 g/mol. The molecule has 20 heavy (non-hydrogen) atoms. The van der Waals surface area contributed by atoms with Gasteiger partial charge in [-0.15, -0.1) is 0 Å². The van der Waals surface area contributed by atoms with Gasteiger partial charge in [0.1, 0.15) is 11.4 Å². The maximum atomic E-state index is 11.0. The number of methoxy groups -OCH3 is 1. The summed E-state index contributed by atoms with van der Waals surface area (Å²) in [5.74, 6) is 0.697. The van der Waals surface area contributed by atoms with E-state index in [0.717, 1.165) is 22.3 Å². The van der Waals surface area contributed by atoms with Gasteiger partial charge in [0, 0.05) is 10.6 Å². The SMILES string of the molecule is COc1cc(C)cc(C)c1C(C)(O)c1ccc(Cl)cc1. The van der Waals surface area contributed by atoms with Gasteiger partial charge in [-0.2, -0.15) is 0 Å². The fourth-order valence-corrected chi connectivity index (χ4v) is 2.76. The summed E-state index contributed by atoms with van der Waals surface area (Å²) in [4.78, 5) is 0. The Kier molecular flexibility index (Phi) is 4.07. The standard InChI is InChI=1S/C17H19ClO2/c1-11-9-12(2)16(15(10-11)20-4)17(3,19)13-5-7-14(18)8-6-13/h5-10,19H,1-4H3. The van der Waals surface area contributed by atoms with Crippen molar-refractivity contribution in [3.8, 4) is 5.75 Å². The Hall–Kier alpha value is -1.51. The molecule has 1 atom stereocenters. The predicted molar refractivity (Wildman–Crippen MR) is 82.6 cm³/mol. The van der Waals surface area contributed by atoms with Gasteiger partial charge in [0.05, 0.1) is 7.11 Å². The number of benzene rings is 2. The normalized spacial score (nSPS) is 13.9. The minimum atomic E-state index is -1.13. The van der Waals surface area contributed by atoms with E-state index < -0.39 is 5.60 Å². The highest BCUT2D eigenvalue weighted by molar-refractivity contribution is 6.30. The zero-order valence-corrected chi connectivity index (χ0v) is 13.0. The van der Waals surface area contributed by atoms with E-state index >= 15 is 0 Å². The molecule has 1 N–H and O–H groups in total. The molecule has 0 saturated heterocycles. The highest BCUT2D eigenvalue weighted by Gasteiger charge is 2.30. The van der Waals surface area contributed by atoms with Crippen molar-refractivity contribution in [2.75, 3.05) is 7.11 Å². The molecule has 2 aromatic carbocycles. The Bertz CT molecular complexity index is 616. The van der Waals surface area contributed by atoms with Gasteiger partial charge < -0.3 is 9.84 Å². The summed E-state index contributed by atoms with van der Waals surface area (Å²) in [7, 11) is 1.62. The van der Waals surface area contributed by atoms with Crippen LogP contribution in [0.5, 0.6) is 5.75 Å². The maximum Gasteiger partial charge on any atom is 0.125 e. The Morgan fingerprint density at radius 1 is 1.10 bits per heavy atom. The second kappa shape index (κ2) is 5.47. The van der Waals surface area contributed by atoms with Crippen LogP contribution < -0.4 is 4.74 Å². The summed E-state index contributed by atoms with van der Waals surface area (Å²) in [6, 6.07) is 11.2. The van der Waals surface area contributed by atoms with Gasteiger partial charge in [0.25, 0.3) is 0 Å². The number of halogens is 1. The Morgan fingerprint density at radius 2 is 1.70 bits per heavy atom. The van der Waals surface area contributed by atoms with Crippen LogP contribution in [0.3, 0.4) is 0 Å². The Balaban J connectivity index is 2.62. The molecule has 0 aromatic heterocycles. The molecular formula is C17H19ClO2. The molecule has 3 heteroatoms. The van der Waals surface area contributed by atoms with Crippen molar-refractivity contribution in [3.63, 3.8) is 0 Å². The minimum absolute atomic E-state index is 0.650. The van der Waals surface area contributed by atoms with Crippen molar-refractivity contribution in [2.45, 2.75) is 26.4 Å². The average Bonchev–Trinajstić information content (AvgIpc) is 2.37. The molecule has 0 spiro atoms. The van der Waals surface area contributed by atoms with Gasteiger partial charge >= 0.3 is 0 Å². The topological polar surface area (TPSA) is 29.5 Å². The van der Waals surface area contributed by atoms with Gasteiger partial charge in [-0.3, -0.25) is 0 Å². The first kappa shape index (κ1) is 14.9. The summed E-state index contributed by atoms with van der Waals surface area (Å²) in [6.07, 6.45) is 0. The molecule has 0 aliphatic heterocycles. The first-order valence-corrected chi connectivity index (χ1v) is 6.88. The van der Waals surface area contributed by atoms with E-state index in [4.69, 9.17) is 16.3 Å². The predicted octanol–water partition coefficient (Wildman–Crippen LogP) is 4.22. The first-order chi connectivity index (χ1) is 9.36. The summed E-state index contributed by atoms with van der Waals surface area (Å²) < 4.78 is 5.45. The second-order valence-electron chi connectivity index (χ2n) is 5.24. The van der Waals surface area contributed by atoms with Crippen molar-refractivity contribution in [2.24, 2.45) is 0 Å². The van der Waals surface area contributed by atoms with Gasteiger partial charge in [0.15, 0.2) is 0 Å². The van der Waals surface area contributed by atoms with Crippen LogP contribution in [-0.4, -0.2) is 12.2 Å². The largest absolute Gasteiger partial charge is 0.496 e. The van der Waals surface area contributed by atoms with Crippen LogP contribution in [0.25, 0.3) is 0 Å². The smallest absolute Gasteiger partial charge is 0.125 e. The van der Waals surface area contributed by atoms with Gasteiger partial charge in [-0.25, -0.2) is 0 Å². The number of ether oxygens (including phenoxy) is 1. The van der Waals surface area contributed by atoms with E-state index in [0.29, 0.717) is 10.8 Å². The lowest BCUT2D eigenvalue weighted by molar-refractivity contribution is 0.0982. The van der Waals surface area contributed by atoms with Crippen molar-refractivity contribution in [1.82, 2.24) is 0 Å². The fraction of sp³-hybridized carbons (Fsp3) is 0.294. The molecule has 2 aromatic rings. The number of hydrogen-bond donors (Lipinski definition) is 1. The summed E-state index contributed by atoms with van der Waals surface area (Å²) in [5.41, 5.74) is 2.55. The van der Waals surface area contributed by atoms with E-state index in [1.54, 1.807) is 26.2 Å². The van der Waals surface area contributed by atoms with Crippen LogP contribution in [0.2, 0.25) is 5.02 Å². The monoisotopic (exact) mass is 290 g/mol. The van der Waals surface area contributed by atoms with Crippen molar-refractivity contribution < 1.29 is 9.84 Å². The van der Waals surface area contributed by atoms with E-state index in [-0.39, 0.29) is 0 Å².